The van der Waals surface area contributed by atoms with Crippen LogP contribution in [-0.2, 0) is 4.79 Å². The summed E-state index contributed by atoms with van der Waals surface area (Å²) in [4.78, 5) is 16.1. The minimum atomic E-state index is -2.62. The molecule has 1 saturated heterocycles. The molecule has 0 N–H and O–H groups in total. The Balaban J connectivity index is 1.85. The van der Waals surface area contributed by atoms with Crippen LogP contribution in [0, 0.1) is 5.92 Å². The number of rotatable bonds is 2. The van der Waals surface area contributed by atoms with Gasteiger partial charge in [0.1, 0.15) is 0 Å². The summed E-state index contributed by atoms with van der Waals surface area (Å²) in [5, 5.41) is 0. The van der Waals surface area contributed by atoms with Crippen LogP contribution in [0.4, 0.5) is 8.78 Å². The van der Waals surface area contributed by atoms with Crippen LogP contribution in [0.3, 0.4) is 0 Å². The lowest BCUT2D eigenvalue weighted by molar-refractivity contribution is -0.138. The highest BCUT2D eigenvalue weighted by molar-refractivity contribution is 5.79. The molecule has 1 aliphatic carbocycles. The van der Waals surface area contributed by atoms with Crippen LogP contribution in [0.2, 0.25) is 0 Å². The van der Waals surface area contributed by atoms with Crippen molar-refractivity contribution in [2.75, 3.05) is 32.7 Å². The van der Waals surface area contributed by atoms with Gasteiger partial charge in [-0.3, -0.25) is 4.79 Å². The maximum Gasteiger partial charge on any atom is 0.248 e. The van der Waals surface area contributed by atoms with Crippen molar-refractivity contribution in [2.24, 2.45) is 5.92 Å². The second-order valence-electron chi connectivity index (χ2n) is 5.06. The second-order valence-corrected chi connectivity index (χ2v) is 5.06. The molecular weight excluding hydrogens is 226 g/mol. The maximum absolute atomic E-state index is 13.1. The molecule has 2 fully saturated rings. The highest BCUT2D eigenvalue weighted by Gasteiger charge is 2.43. The minimum Gasteiger partial charge on any atom is -0.340 e. The smallest absolute Gasteiger partial charge is 0.248 e. The molecule has 0 spiro atoms. The molecule has 1 aliphatic heterocycles. The van der Waals surface area contributed by atoms with E-state index in [1.165, 1.54) is 0 Å². The zero-order valence-electron chi connectivity index (χ0n) is 10.3. The predicted molar refractivity (Wildman–Crippen MR) is 61.0 cm³/mol. The van der Waals surface area contributed by atoms with Crippen molar-refractivity contribution in [3.63, 3.8) is 0 Å². The van der Waals surface area contributed by atoms with Crippen LogP contribution >= 0.6 is 0 Å². The molecule has 98 valence electrons. The maximum atomic E-state index is 13.1. The number of amides is 1. The predicted octanol–water partition coefficient (Wildman–Crippen LogP) is 1.59. The van der Waals surface area contributed by atoms with E-state index < -0.39 is 11.8 Å². The molecule has 0 aromatic heterocycles. The van der Waals surface area contributed by atoms with E-state index in [0.717, 1.165) is 19.6 Å². The summed E-state index contributed by atoms with van der Waals surface area (Å²) in [6, 6.07) is 0. The van der Waals surface area contributed by atoms with Crippen LogP contribution in [0.15, 0.2) is 0 Å². The average Bonchev–Trinajstić information content (AvgIpc) is 2.69. The Hall–Kier alpha value is -0.710. The zero-order valence-corrected chi connectivity index (χ0v) is 10.3. The third-order valence-electron chi connectivity index (χ3n) is 3.88. The number of nitrogens with zero attached hydrogens (tertiary/aromatic N) is 2. The summed E-state index contributed by atoms with van der Waals surface area (Å²) >= 11 is 0. The first kappa shape index (κ1) is 12.7. The van der Waals surface area contributed by atoms with E-state index >= 15 is 0 Å². The quantitative estimate of drug-likeness (QED) is 0.738. The number of hydrogen-bond acceptors (Lipinski definition) is 2. The number of alkyl halides is 2. The first-order valence-corrected chi connectivity index (χ1v) is 6.41. The Morgan fingerprint density at radius 2 is 1.94 bits per heavy atom. The van der Waals surface area contributed by atoms with Crippen molar-refractivity contribution >= 4 is 5.91 Å². The van der Waals surface area contributed by atoms with E-state index in [2.05, 4.69) is 11.8 Å². The fraction of sp³-hybridized carbons (Fsp3) is 0.917. The Morgan fingerprint density at radius 1 is 1.29 bits per heavy atom. The monoisotopic (exact) mass is 246 g/mol. The summed E-state index contributed by atoms with van der Waals surface area (Å²) in [6.07, 6.45) is -0.0298. The molecule has 2 rings (SSSR count). The molecule has 1 atom stereocenters. The Morgan fingerprint density at radius 3 is 2.41 bits per heavy atom. The summed E-state index contributed by atoms with van der Waals surface area (Å²) in [6.45, 7) is 6.19. The van der Waals surface area contributed by atoms with Gasteiger partial charge in [0.2, 0.25) is 11.8 Å². The van der Waals surface area contributed by atoms with Crippen molar-refractivity contribution in [1.29, 1.82) is 0 Å². The summed E-state index contributed by atoms with van der Waals surface area (Å²) < 4.78 is 26.1. The van der Waals surface area contributed by atoms with Crippen molar-refractivity contribution < 1.29 is 13.6 Å². The largest absolute Gasteiger partial charge is 0.340 e. The summed E-state index contributed by atoms with van der Waals surface area (Å²) in [5.41, 5.74) is 0. The molecule has 3 nitrogen and oxygen atoms in total. The van der Waals surface area contributed by atoms with E-state index in [0.29, 0.717) is 19.5 Å². The third-order valence-corrected chi connectivity index (χ3v) is 3.88. The summed E-state index contributed by atoms with van der Waals surface area (Å²) in [7, 11) is 0. The third kappa shape index (κ3) is 2.94. The Kier molecular flexibility index (Phi) is 3.66. The zero-order chi connectivity index (χ0) is 12.5. The van der Waals surface area contributed by atoms with Crippen LogP contribution in [0.5, 0.6) is 0 Å². The molecule has 1 heterocycles. The average molecular weight is 246 g/mol. The van der Waals surface area contributed by atoms with Crippen molar-refractivity contribution in [1.82, 2.24) is 9.80 Å². The molecule has 5 heteroatoms. The van der Waals surface area contributed by atoms with Gasteiger partial charge in [0.05, 0.1) is 0 Å². The van der Waals surface area contributed by atoms with Crippen LogP contribution in [0.1, 0.15) is 26.2 Å². The van der Waals surface area contributed by atoms with Crippen molar-refractivity contribution in [3.8, 4) is 0 Å². The van der Waals surface area contributed by atoms with Gasteiger partial charge in [0.15, 0.2) is 0 Å². The van der Waals surface area contributed by atoms with Crippen LogP contribution in [-0.4, -0.2) is 54.4 Å². The van der Waals surface area contributed by atoms with Gasteiger partial charge >= 0.3 is 0 Å². The molecule has 1 saturated carbocycles. The minimum absolute atomic E-state index is 0.0575. The molecule has 0 aromatic rings. The summed E-state index contributed by atoms with van der Waals surface area (Å²) in [5.74, 6) is -3.12. The first-order valence-electron chi connectivity index (χ1n) is 6.41. The molecule has 1 unspecified atom stereocenters. The molecule has 2 aliphatic rings. The number of carbonyl (C=O) groups excluding carboxylic acids is 1. The normalized spacial score (nSPS) is 29.6. The second kappa shape index (κ2) is 4.88. The number of piperazine rings is 1. The van der Waals surface area contributed by atoms with Gasteiger partial charge in [-0.1, -0.05) is 6.92 Å². The molecular formula is C12H20F2N2O. The topological polar surface area (TPSA) is 23.6 Å². The number of likely N-dealkylation sites (N-methyl/N-ethyl adjacent to an activating group) is 1. The standard InChI is InChI=1S/C12H20F2N2O/c1-2-15-5-7-16(8-6-15)11(17)10-3-4-12(13,14)9-10/h10H,2-9H2,1H3. The first-order chi connectivity index (χ1) is 8.02. The van der Waals surface area contributed by atoms with Gasteiger partial charge in [-0.25, -0.2) is 8.78 Å². The van der Waals surface area contributed by atoms with E-state index in [4.69, 9.17) is 0 Å². The molecule has 1 amide bonds. The molecule has 17 heavy (non-hydrogen) atoms. The highest BCUT2D eigenvalue weighted by Crippen LogP contribution is 2.39. The lowest BCUT2D eigenvalue weighted by Crippen LogP contribution is -2.50. The lowest BCUT2D eigenvalue weighted by atomic mass is 10.1. The van der Waals surface area contributed by atoms with Gasteiger partial charge in [0, 0.05) is 44.9 Å². The van der Waals surface area contributed by atoms with Gasteiger partial charge in [-0.05, 0) is 13.0 Å². The van der Waals surface area contributed by atoms with E-state index in [9.17, 15) is 13.6 Å². The number of halogens is 2. The van der Waals surface area contributed by atoms with E-state index in [-0.39, 0.29) is 18.7 Å². The van der Waals surface area contributed by atoms with Crippen LogP contribution < -0.4 is 0 Å². The van der Waals surface area contributed by atoms with Gasteiger partial charge < -0.3 is 9.80 Å². The molecule has 0 radical (unpaired) electrons. The van der Waals surface area contributed by atoms with Gasteiger partial charge in [0.25, 0.3) is 0 Å². The van der Waals surface area contributed by atoms with E-state index in [1.807, 2.05) is 0 Å². The SMILES string of the molecule is CCN1CCN(C(=O)C2CCC(F)(F)C2)CC1. The lowest BCUT2D eigenvalue weighted by Gasteiger charge is -2.35. The fourth-order valence-corrected chi connectivity index (χ4v) is 2.70. The van der Waals surface area contributed by atoms with Crippen LogP contribution in [0.25, 0.3) is 0 Å². The van der Waals surface area contributed by atoms with E-state index in [1.54, 1.807) is 4.90 Å². The highest BCUT2D eigenvalue weighted by atomic mass is 19.3. The van der Waals surface area contributed by atoms with Gasteiger partial charge in [-0.2, -0.15) is 0 Å². The number of hydrogen-bond donors (Lipinski definition) is 0. The molecule has 0 bridgehead atoms. The van der Waals surface area contributed by atoms with Gasteiger partial charge in [-0.15, -0.1) is 0 Å². The fourth-order valence-electron chi connectivity index (χ4n) is 2.70. The number of carbonyl (C=O) groups is 1. The Labute approximate surface area is 101 Å². The Bertz CT molecular complexity index is 288. The van der Waals surface area contributed by atoms with Crippen molar-refractivity contribution in [2.45, 2.75) is 32.1 Å². The molecule has 0 aromatic carbocycles. The van der Waals surface area contributed by atoms with Crippen molar-refractivity contribution in [3.05, 3.63) is 0 Å².